The minimum absolute atomic E-state index is 0.0573. The maximum Gasteiger partial charge on any atom is 0.287 e. The molecular weight excluding hydrogens is 369 g/mol. The normalized spacial score (nSPS) is 12.7. The van der Waals surface area contributed by atoms with Crippen molar-refractivity contribution in [2.45, 2.75) is 13.0 Å². The Morgan fingerprint density at radius 2 is 2.00 bits per heavy atom. The number of ether oxygens (including phenoxy) is 2. The molecule has 0 saturated carbocycles. The van der Waals surface area contributed by atoms with Crippen LogP contribution in [-0.4, -0.2) is 35.4 Å². The van der Waals surface area contributed by atoms with Gasteiger partial charge in [-0.25, -0.2) is 4.68 Å². The quantitative estimate of drug-likeness (QED) is 0.848. The maximum atomic E-state index is 12.0. The van der Waals surface area contributed by atoms with Gasteiger partial charge in [0.05, 0.1) is 11.2 Å². The molecule has 132 valence electrons. The van der Waals surface area contributed by atoms with E-state index in [9.17, 15) is 9.59 Å². The van der Waals surface area contributed by atoms with E-state index in [0.29, 0.717) is 31.9 Å². The first-order chi connectivity index (χ1) is 12.0. The molecule has 0 aliphatic carbocycles. The lowest BCUT2D eigenvalue weighted by atomic mass is 10.1. The van der Waals surface area contributed by atoms with Crippen LogP contribution in [0, 0.1) is 0 Å². The molecule has 3 rings (SSSR count). The Balaban J connectivity index is 1.53. The molecule has 9 heteroatoms. The van der Waals surface area contributed by atoms with Crippen LogP contribution in [0.2, 0.25) is 10.0 Å². The summed E-state index contributed by atoms with van der Waals surface area (Å²) in [7, 11) is 0. The molecule has 0 spiro atoms. The van der Waals surface area contributed by atoms with Gasteiger partial charge in [0.1, 0.15) is 24.8 Å². The van der Waals surface area contributed by atoms with Crippen LogP contribution in [0.5, 0.6) is 11.5 Å². The number of benzene rings is 1. The fourth-order valence-electron chi connectivity index (χ4n) is 2.34. The summed E-state index contributed by atoms with van der Waals surface area (Å²) >= 11 is 11.4. The molecule has 1 aliphatic heterocycles. The van der Waals surface area contributed by atoms with E-state index >= 15 is 0 Å². The Kier molecular flexibility index (Phi) is 5.45. The van der Waals surface area contributed by atoms with Gasteiger partial charge < -0.3 is 14.8 Å². The molecule has 25 heavy (non-hydrogen) atoms. The molecule has 0 atom stereocenters. The Morgan fingerprint density at radius 1 is 1.24 bits per heavy atom. The number of aromatic nitrogens is 2. The molecule has 2 heterocycles. The summed E-state index contributed by atoms with van der Waals surface area (Å²) in [5, 5.41) is 6.43. The third-order valence-corrected chi connectivity index (χ3v) is 4.33. The van der Waals surface area contributed by atoms with Crippen LogP contribution in [0.1, 0.15) is 5.56 Å². The second-order valence-corrected chi connectivity index (χ2v) is 6.13. The van der Waals surface area contributed by atoms with Crippen molar-refractivity contribution in [2.75, 3.05) is 19.8 Å². The van der Waals surface area contributed by atoms with E-state index in [1.54, 1.807) is 0 Å². The fraction of sp³-hybridized carbons (Fsp3) is 0.312. The first-order valence-electron chi connectivity index (χ1n) is 7.61. The summed E-state index contributed by atoms with van der Waals surface area (Å²) in [5.74, 6) is 1.09. The number of hydrogen-bond acceptors (Lipinski definition) is 5. The highest BCUT2D eigenvalue weighted by Gasteiger charge is 2.13. The number of amides is 1. The Morgan fingerprint density at radius 3 is 2.80 bits per heavy atom. The SMILES string of the molecule is O=C(Cn1ncc(Cl)c(Cl)c1=O)NCCc1ccc2c(c1)OCCO2. The average Bonchev–Trinajstić information content (AvgIpc) is 2.62. The van der Waals surface area contributed by atoms with Crippen LogP contribution in [0.15, 0.2) is 29.2 Å². The molecule has 1 N–H and O–H groups in total. The van der Waals surface area contributed by atoms with Gasteiger partial charge in [-0.2, -0.15) is 5.10 Å². The van der Waals surface area contributed by atoms with E-state index in [0.717, 1.165) is 16.0 Å². The van der Waals surface area contributed by atoms with Gasteiger partial charge in [-0.15, -0.1) is 0 Å². The smallest absolute Gasteiger partial charge is 0.287 e. The van der Waals surface area contributed by atoms with E-state index in [-0.39, 0.29) is 22.5 Å². The van der Waals surface area contributed by atoms with Gasteiger partial charge in [0.25, 0.3) is 5.56 Å². The molecule has 0 unspecified atom stereocenters. The van der Waals surface area contributed by atoms with Crippen molar-refractivity contribution < 1.29 is 14.3 Å². The molecule has 0 bridgehead atoms. The van der Waals surface area contributed by atoms with Crippen LogP contribution in [-0.2, 0) is 17.8 Å². The van der Waals surface area contributed by atoms with Gasteiger partial charge in [0, 0.05) is 6.54 Å². The van der Waals surface area contributed by atoms with E-state index in [2.05, 4.69) is 10.4 Å². The highest BCUT2D eigenvalue weighted by atomic mass is 35.5. The number of nitrogens with one attached hydrogen (secondary N) is 1. The Hall–Kier alpha value is -2.25. The third-order valence-electron chi connectivity index (χ3n) is 3.58. The number of halogens is 2. The monoisotopic (exact) mass is 383 g/mol. The minimum Gasteiger partial charge on any atom is -0.486 e. The largest absolute Gasteiger partial charge is 0.486 e. The second kappa shape index (κ2) is 7.76. The van der Waals surface area contributed by atoms with Crippen LogP contribution in [0.25, 0.3) is 0 Å². The Labute approximate surface area is 153 Å². The topological polar surface area (TPSA) is 82.5 Å². The summed E-state index contributed by atoms with van der Waals surface area (Å²) in [6.07, 6.45) is 1.85. The first-order valence-corrected chi connectivity index (χ1v) is 8.36. The van der Waals surface area contributed by atoms with E-state index in [1.807, 2.05) is 18.2 Å². The van der Waals surface area contributed by atoms with Gasteiger partial charge in [-0.3, -0.25) is 9.59 Å². The Bertz CT molecular complexity index is 854. The van der Waals surface area contributed by atoms with Crippen molar-refractivity contribution in [2.24, 2.45) is 0 Å². The van der Waals surface area contributed by atoms with Crippen molar-refractivity contribution in [1.82, 2.24) is 15.1 Å². The molecule has 1 aromatic carbocycles. The van der Waals surface area contributed by atoms with Crippen molar-refractivity contribution in [3.8, 4) is 11.5 Å². The van der Waals surface area contributed by atoms with E-state index < -0.39 is 5.56 Å². The van der Waals surface area contributed by atoms with Crippen molar-refractivity contribution in [3.05, 3.63) is 50.4 Å². The number of nitrogens with zero attached hydrogens (tertiary/aromatic N) is 2. The molecule has 0 radical (unpaired) electrons. The standard InChI is InChI=1S/C16H15Cl2N3O4/c17-11-8-20-21(16(23)15(11)18)9-14(22)19-4-3-10-1-2-12-13(7-10)25-6-5-24-12/h1-2,7-8H,3-6,9H2,(H,19,22). The fourth-order valence-corrected chi connectivity index (χ4v) is 2.61. The first kappa shape index (κ1) is 17.6. The number of carbonyl (C=O) groups is 1. The molecule has 7 nitrogen and oxygen atoms in total. The van der Waals surface area contributed by atoms with Gasteiger partial charge >= 0.3 is 0 Å². The molecular formula is C16H15Cl2N3O4. The molecule has 1 aliphatic rings. The predicted octanol–water partition coefficient (Wildman–Crippen LogP) is 1.68. The van der Waals surface area contributed by atoms with Crippen LogP contribution >= 0.6 is 23.2 Å². The summed E-state index contributed by atoms with van der Waals surface area (Å²) in [6.45, 7) is 1.26. The van der Waals surface area contributed by atoms with Gasteiger partial charge in [0.15, 0.2) is 11.5 Å². The average molecular weight is 384 g/mol. The van der Waals surface area contributed by atoms with E-state index in [1.165, 1.54) is 6.20 Å². The summed E-state index contributed by atoms with van der Waals surface area (Å²) in [4.78, 5) is 23.8. The zero-order valence-corrected chi connectivity index (χ0v) is 14.6. The highest BCUT2D eigenvalue weighted by Crippen LogP contribution is 2.30. The molecule has 2 aromatic rings. The summed E-state index contributed by atoms with van der Waals surface area (Å²) in [5.41, 5.74) is 0.408. The van der Waals surface area contributed by atoms with Crippen molar-refractivity contribution in [3.63, 3.8) is 0 Å². The van der Waals surface area contributed by atoms with Gasteiger partial charge in [-0.1, -0.05) is 29.3 Å². The molecule has 1 aromatic heterocycles. The summed E-state index contributed by atoms with van der Waals surface area (Å²) in [6, 6.07) is 5.67. The lowest BCUT2D eigenvalue weighted by molar-refractivity contribution is -0.121. The summed E-state index contributed by atoms with van der Waals surface area (Å²) < 4.78 is 12.0. The lowest BCUT2D eigenvalue weighted by Gasteiger charge is -2.18. The number of fused-ring (bicyclic) bond motifs is 1. The zero-order valence-electron chi connectivity index (χ0n) is 13.1. The maximum absolute atomic E-state index is 12.0. The molecule has 0 saturated heterocycles. The van der Waals surface area contributed by atoms with Crippen LogP contribution < -0.4 is 20.3 Å². The zero-order chi connectivity index (χ0) is 17.8. The molecule has 0 fully saturated rings. The van der Waals surface area contributed by atoms with E-state index in [4.69, 9.17) is 32.7 Å². The number of carbonyl (C=O) groups excluding carboxylic acids is 1. The lowest BCUT2D eigenvalue weighted by Crippen LogP contribution is -2.34. The van der Waals surface area contributed by atoms with Crippen molar-refractivity contribution >= 4 is 29.1 Å². The number of hydrogen-bond donors (Lipinski definition) is 1. The third kappa shape index (κ3) is 4.24. The molecule has 1 amide bonds. The van der Waals surface area contributed by atoms with Crippen LogP contribution in [0.4, 0.5) is 0 Å². The highest BCUT2D eigenvalue weighted by molar-refractivity contribution is 6.41. The second-order valence-electron chi connectivity index (χ2n) is 5.35. The van der Waals surface area contributed by atoms with Gasteiger partial charge in [0.2, 0.25) is 5.91 Å². The number of rotatable bonds is 5. The van der Waals surface area contributed by atoms with Gasteiger partial charge in [-0.05, 0) is 24.1 Å². The minimum atomic E-state index is -0.601. The van der Waals surface area contributed by atoms with Crippen molar-refractivity contribution in [1.29, 1.82) is 0 Å². The predicted molar refractivity (Wildman–Crippen MR) is 92.7 cm³/mol. The van der Waals surface area contributed by atoms with Crippen LogP contribution in [0.3, 0.4) is 0 Å².